The maximum absolute atomic E-state index is 13.4. The Kier molecular flexibility index (Phi) is 4.82. The van der Waals surface area contributed by atoms with Crippen molar-refractivity contribution >= 4 is 5.91 Å². The Morgan fingerprint density at radius 1 is 1.24 bits per heavy atom. The first-order chi connectivity index (χ1) is 9.76. The lowest BCUT2D eigenvalue weighted by Gasteiger charge is -2.40. The fourth-order valence-corrected chi connectivity index (χ4v) is 3.19. The van der Waals surface area contributed by atoms with Gasteiger partial charge in [-0.15, -0.1) is 0 Å². The van der Waals surface area contributed by atoms with Crippen LogP contribution >= 0.6 is 0 Å². The number of alkyl halides is 3. The topological polar surface area (TPSA) is 35.6 Å². The van der Waals surface area contributed by atoms with E-state index in [1.807, 2.05) is 0 Å². The molecule has 0 saturated carbocycles. The number of nitrogens with zero attached hydrogens (tertiary/aromatic N) is 2. The zero-order chi connectivity index (χ0) is 15.7. The van der Waals surface area contributed by atoms with E-state index in [2.05, 4.69) is 24.1 Å². The minimum atomic E-state index is -4.48. The molecule has 2 aliphatic rings. The minimum absolute atomic E-state index is 0.151. The predicted octanol–water partition coefficient (Wildman–Crippen LogP) is 1.33. The highest BCUT2D eigenvalue weighted by Crippen LogP contribution is 2.44. The van der Waals surface area contributed by atoms with Crippen molar-refractivity contribution in [1.29, 1.82) is 0 Å². The molecular weight excluding hydrogens is 283 g/mol. The minimum Gasteiger partial charge on any atom is -0.339 e. The Hall–Kier alpha value is -0.820. The molecule has 0 aromatic rings. The van der Waals surface area contributed by atoms with Gasteiger partial charge < -0.3 is 10.2 Å². The maximum atomic E-state index is 13.4. The third-order valence-electron chi connectivity index (χ3n) is 4.39. The smallest absolute Gasteiger partial charge is 0.339 e. The largest absolute Gasteiger partial charge is 0.404 e. The summed E-state index contributed by atoms with van der Waals surface area (Å²) in [5.41, 5.74) is -2.22. The highest BCUT2D eigenvalue weighted by atomic mass is 19.4. The number of piperazine rings is 1. The van der Waals surface area contributed by atoms with E-state index in [4.69, 9.17) is 0 Å². The van der Waals surface area contributed by atoms with Gasteiger partial charge in [-0.3, -0.25) is 9.69 Å². The van der Waals surface area contributed by atoms with Crippen molar-refractivity contribution in [2.45, 2.75) is 26.4 Å². The van der Waals surface area contributed by atoms with Gasteiger partial charge in [0.2, 0.25) is 5.91 Å². The first-order valence-electron chi connectivity index (χ1n) is 7.55. The molecule has 21 heavy (non-hydrogen) atoms. The molecular formula is C14H24F3N3O. The first-order valence-corrected chi connectivity index (χ1v) is 7.55. The van der Waals surface area contributed by atoms with Crippen LogP contribution in [0.25, 0.3) is 0 Å². The third-order valence-corrected chi connectivity index (χ3v) is 4.39. The average molecular weight is 307 g/mol. The molecule has 2 heterocycles. The van der Waals surface area contributed by atoms with E-state index < -0.39 is 17.5 Å². The third kappa shape index (κ3) is 3.34. The molecule has 0 aromatic heterocycles. The summed E-state index contributed by atoms with van der Waals surface area (Å²) in [6.45, 7) is 7.21. The van der Waals surface area contributed by atoms with Crippen molar-refractivity contribution in [1.82, 2.24) is 15.1 Å². The van der Waals surface area contributed by atoms with Crippen LogP contribution in [0.15, 0.2) is 0 Å². The molecule has 2 rings (SSSR count). The Morgan fingerprint density at radius 3 is 2.29 bits per heavy atom. The zero-order valence-corrected chi connectivity index (χ0v) is 12.7. The van der Waals surface area contributed by atoms with Crippen LogP contribution in [0.1, 0.15) is 20.3 Å². The summed E-state index contributed by atoms with van der Waals surface area (Å²) >= 11 is 0. The zero-order valence-electron chi connectivity index (χ0n) is 12.7. The summed E-state index contributed by atoms with van der Waals surface area (Å²) in [5, 5.41) is 2.70. The summed E-state index contributed by atoms with van der Waals surface area (Å²) in [5.74, 6) is -0.225. The lowest BCUT2D eigenvalue weighted by molar-refractivity contribution is -0.222. The predicted molar refractivity (Wildman–Crippen MR) is 73.8 cm³/mol. The van der Waals surface area contributed by atoms with Crippen LogP contribution in [-0.2, 0) is 4.79 Å². The number of amides is 1. The van der Waals surface area contributed by atoms with Gasteiger partial charge in [0.15, 0.2) is 5.41 Å². The van der Waals surface area contributed by atoms with Gasteiger partial charge in [0.1, 0.15) is 0 Å². The van der Waals surface area contributed by atoms with Crippen LogP contribution in [-0.4, -0.2) is 67.7 Å². The lowest BCUT2D eigenvalue weighted by atomic mass is 9.84. The second-order valence-electron chi connectivity index (χ2n) is 6.49. The molecule has 0 bridgehead atoms. The molecule has 1 amide bonds. The number of carbonyl (C=O) groups excluding carboxylic acids is 1. The van der Waals surface area contributed by atoms with Gasteiger partial charge in [-0.2, -0.15) is 13.2 Å². The molecule has 0 aliphatic carbocycles. The molecule has 1 atom stereocenters. The van der Waals surface area contributed by atoms with Gasteiger partial charge in [-0.1, -0.05) is 13.8 Å². The molecule has 4 nitrogen and oxygen atoms in total. The van der Waals surface area contributed by atoms with Crippen molar-refractivity contribution in [3.8, 4) is 0 Å². The SMILES string of the molecule is CC(C)CN1CCN(C(=O)C2(C(F)(F)F)CCNC2)CC1. The number of nitrogens with one attached hydrogen (secondary N) is 1. The Balaban J connectivity index is 2.00. The Morgan fingerprint density at radius 2 is 1.86 bits per heavy atom. The number of halogens is 3. The molecule has 2 saturated heterocycles. The van der Waals surface area contributed by atoms with Crippen LogP contribution in [0.2, 0.25) is 0 Å². The number of hydrogen-bond acceptors (Lipinski definition) is 3. The van der Waals surface area contributed by atoms with Gasteiger partial charge in [-0.05, 0) is 18.9 Å². The maximum Gasteiger partial charge on any atom is 0.404 e. The molecule has 2 aliphatic heterocycles. The summed E-state index contributed by atoms with van der Waals surface area (Å²) in [7, 11) is 0. The molecule has 7 heteroatoms. The van der Waals surface area contributed by atoms with Crippen molar-refractivity contribution in [2.75, 3.05) is 45.8 Å². The van der Waals surface area contributed by atoms with Gasteiger partial charge in [0.05, 0.1) is 0 Å². The molecule has 1 N–H and O–H groups in total. The van der Waals surface area contributed by atoms with Crippen molar-refractivity contribution in [3.05, 3.63) is 0 Å². The first kappa shape index (κ1) is 16.5. The highest BCUT2D eigenvalue weighted by Gasteiger charge is 2.62. The second-order valence-corrected chi connectivity index (χ2v) is 6.49. The Labute approximate surface area is 123 Å². The van der Waals surface area contributed by atoms with Crippen molar-refractivity contribution in [3.63, 3.8) is 0 Å². The second kappa shape index (κ2) is 6.12. The van der Waals surface area contributed by atoms with Crippen molar-refractivity contribution in [2.24, 2.45) is 11.3 Å². The van der Waals surface area contributed by atoms with Gasteiger partial charge in [0, 0.05) is 39.3 Å². The molecule has 2 fully saturated rings. The van der Waals surface area contributed by atoms with Crippen LogP contribution in [0.5, 0.6) is 0 Å². The van der Waals surface area contributed by atoms with Gasteiger partial charge >= 0.3 is 6.18 Å². The fourth-order valence-electron chi connectivity index (χ4n) is 3.19. The van der Waals surface area contributed by atoms with E-state index in [0.717, 1.165) is 6.54 Å². The quantitative estimate of drug-likeness (QED) is 0.854. The van der Waals surface area contributed by atoms with E-state index in [0.29, 0.717) is 32.1 Å². The normalized spacial score (nSPS) is 28.4. The molecule has 1 unspecified atom stereocenters. The van der Waals surface area contributed by atoms with Crippen LogP contribution in [0, 0.1) is 11.3 Å². The van der Waals surface area contributed by atoms with E-state index in [1.165, 1.54) is 4.90 Å². The van der Waals surface area contributed by atoms with Gasteiger partial charge in [-0.25, -0.2) is 0 Å². The molecule has 0 spiro atoms. The van der Waals surface area contributed by atoms with E-state index in [9.17, 15) is 18.0 Å². The van der Waals surface area contributed by atoms with Crippen molar-refractivity contribution < 1.29 is 18.0 Å². The highest BCUT2D eigenvalue weighted by molar-refractivity contribution is 5.84. The van der Waals surface area contributed by atoms with Crippen LogP contribution in [0.4, 0.5) is 13.2 Å². The van der Waals surface area contributed by atoms with E-state index in [-0.39, 0.29) is 19.5 Å². The average Bonchev–Trinajstić information content (AvgIpc) is 2.88. The summed E-state index contributed by atoms with van der Waals surface area (Å²) in [6, 6.07) is 0. The molecule has 0 radical (unpaired) electrons. The Bertz CT molecular complexity index is 370. The summed E-state index contributed by atoms with van der Waals surface area (Å²) in [6.07, 6.45) is -4.63. The standard InChI is InChI=1S/C14H24F3N3O/c1-11(2)9-19-5-7-20(8-6-19)12(21)13(14(15,16)17)3-4-18-10-13/h11,18H,3-10H2,1-2H3. The van der Waals surface area contributed by atoms with E-state index >= 15 is 0 Å². The van der Waals surface area contributed by atoms with E-state index in [1.54, 1.807) is 0 Å². The lowest BCUT2D eigenvalue weighted by Crippen LogP contribution is -2.58. The van der Waals surface area contributed by atoms with Crippen LogP contribution in [0.3, 0.4) is 0 Å². The summed E-state index contributed by atoms with van der Waals surface area (Å²) < 4.78 is 40.1. The monoisotopic (exact) mass is 307 g/mol. The molecule has 0 aromatic carbocycles. The summed E-state index contributed by atoms with van der Waals surface area (Å²) in [4.78, 5) is 16.1. The van der Waals surface area contributed by atoms with Gasteiger partial charge in [0.25, 0.3) is 0 Å². The van der Waals surface area contributed by atoms with Crippen LogP contribution < -0.4 is 5.32 Å². The molecule has 122 valence electrons. The fraction of sp³-hybridized carbons (Fsp3) is 0.929. The number of rotatable bonds is 3. The number of carbonyl (C=O) groups is 1. The number of hydrogen-bond donors (Lipinski definition) is 1.